The van der Waals surface area contributed by atoms with Crippen molar-refractivity contribution < 1.29 is 9.18 Å². The summed E-state index contributed by atoms with van der Waals surface area (Å²) >= 11 is 0. The molecule has 1 aliphatic carbocycles. The maximum Gasteiger partial charge on any atom is 0.231 e. The van der Waals surface area contributed by atoms with Crippen molar-refractivity contribution in [2.75, 3.05) is 37.0 Å². The van der Waals surface area contributed by atoms with Crippen LogP contribution < -0.4 is 15.1 Å². The third kappa shape index (κ3) is 3.63. The molecule has 4 rings (SSSR count). The number of nitrogens with one attached hydrogen (secondary N) is 1. The fourth-order valence-corrected chi connectivity index (χ4v) is 3.60. The summed E-state index contributed by atoms with van der Waals surface area (Å²) in [6, 6.07) is 6.20. The van der Waals surface area contributed by atoms with Gasteiger partial charge in [-0.3, -0.25) is 4.79 Å². The molecule has 2 heterocycles. The van der Waals surface area contributed by atoms with Gasteiger partial charge in [0, 0.05) is 27.2 Å². The summed E-state index contributed by atoms with van der Waals surface area (Å²) in [5, 5.41) is 2.98. The topological polar surface area (TPSA) is 74.2 Å². The first-order chi connectivity index (χ1) is 13.5. The normalized spacial score (nSPS) is 17.5. The molecule has 1 aromatic carbocycles. The van der Waals surface area contributed by atoms with Gasteiger partial charge < -0.3 is 15.1 Å². The van der Waals surface area contributed by atoms with Crippen LogP contribution in [0.4, 0.5) is 16.3 Å². The lowest BCUT2D eigenvalue weighted by molar-refractivity contribution is -0.123. The van der Waals surface area contributed by atoms with Crippen LogP contribution in [0.1, 0.15) is 37.1 Å². The smallest absolute Gasteiger partial charge is 0.231 e. The highest BCUT2D eigenvalue weighted by Gasteiger charge is 2.51. The van der Waals surface area contributed by atoms with E-state index in [1.54, 1.807) is 12.1 Å². The van der Waals surface area contributed by atoms with Crippen LogP contribution in [0.15, 0.2) is 24.3 Å². The number of hydrogen-bond donors (Lipinski definition) is 1. The molecule has 28 heavy (non-hydrogen) atoms. The van der Waals surface area contributed by atoms with Crippen LogP contribution in [0.5, 0.6) is 0 Å². The fourth-order valence-electron chi connectivity index (χ4n) is 3.60. The van der Waals surface area contributed by atoms with Crippen LogP contribution in [0.3, 0.4) is 0 Å². The first-order valence-corrected chi connectivity index (χ1v) is 9.69. The van der Waals surface area contributed by atoms with E-state index >= 15 is 0 Å². The van der Waals surface area contributed by atoms with Crippen LogP contribution in [-0.4, -0.2) is 48.0 Å². The number of benzene rings is 1. The van der Waals surface area contributed by atoms with E-state index in [2.05, 4.69) is 25.2 Å². The molecular weight excluding hydrogens is 359 g/mol. The predicted molar refractivity (Wildman–Crippen MR) is 105 cm³/mol. The van der Waals surface area contributed by atoms with Gasteiger partial charge in [0.1, 0.15) is 5.82 Å². The molecule has 1 amide bonds. The quantitative estimate of drug-likeness (QED) is 0.821. The van der Waals surface area contributed by atoms with Gasteiger partial charge in [-0.05, 0) is 43.4 Å². The molecule has 0 bridgehead atoms. The number of rotatable bonds is 6. The summed E-state index contributed by atoms with van der Waals surface area (Å²) in [7, 11) is 3.78. The zero-order valence-corrected chi connectivity index (χ0v) is 16.3. The van der Waals surface area contributed by atoms with Gasteiger partial charge in [-0.25, -0.2) is 4.39 Å². The highest BCUT2D eigenvalue weighted by molar-refractivity contribution is 5.91. The Morgan fingerprint density at radius 1 is 1.14 bits per heavy atom. The lowest BCUT2D eigenvalue weighted by Crippen LogP contribution is -2.35. The van der Waals surface area contributed by atoms with Crippen molar-refractivity contribution in [2.45, 2.75) is 37.6 Å². The molecular formula is C20H25FN6O. The predicted octanol–water partition coefficient (Wildman–Crippen LogP) is 2.02. The molecule has 1 aliphatic heterocycles. The van der Waals surface area contributed by atoms with Gasteiger partial charge in [-0.1, -0.05) is 12.1 Å². The number of carbonyl (C=O) groups excluding carboxylic acids is 1. The highest BCUT2D eigenvalue weighted by atomic mass is 19.1. The van der Waals surface area contributed by atoms with Crippen molar-refractivity contribution in [1.29, 1.82) is 0 Å². The summed E-state index contributed by atoms with van der Waals surface area (Å²) in [5.74, 6) is 1.44. The average molecular weight is 384 g/mol. The summed E-state index contributed by atoms with van der Waals surface area (Å²) in [4.78, 5) is 30.4. The largest absolute Gasteiger partial charge is 0.348 e. The number of nitrogens with zero attached hydrogens (tertiary/aromatic N) is 5. The van der Waals surface area contributed by atoms with Crippen molar-refractivity contribution in [3.05, 3.63) is 41.5 Å². The second kappa shape index (κ2) is 7.33. The number of anilines is 2. The minimum absolute atomic E-state index is 0.0614. The van der Waals surface area contributed by atoms with E-state index in [1.165, 1.54) is 12.1 Å². The van der Waals surface area contributed by atoms with Crippen molar-refractivity contribution >= 4 is 17.8 Å². The molecule has 0 unspecified atom stereocenters. The van der Waals surface area contributed by atoms with E-state index in [0.717, 1.165) is 44.3 Å². The first-order valence-electron chi connectivity index (χ1n) is 9.69. The van der Waals surface area contributed by atoms with Crippen LogP contribution in [0, 0.1) is 5.82 Å². The van der Waals surface area contributed by atoms with Crippen LogP contribution in [0.2, 0.25) is 0 Å². The molecule has 0 radical (unpaired) electrons. The van der Waals surface area contributed by atoms with E-state index in [0.29, 0.717) is 17.7 Å². The van der Waals surface area contributed by atoms with Crippen LogP contribution in [-0.2, 0) is 16.8 Å². The number of halogens is 1. The summed E-state index contributed by atoms with van der Waals surface area (Å²) in [6.45, 7) is 2.12. The lowest BCUT2D eigenvalue weighted by atomic mass is 9.95. The molecule has 1 N–H and O–H groups in total. The standard InChI is InChI=1S/C20H25FN6O/c1-26(2)18-23-16(24-19(25-18)27-11-3-4-12-27)13-22-17(28)20(9-10-20)14-5-7-15(21)8-6-14/h5-8H,3-4,9-13H2,1-2H3,(H,22,28). The van der Waals surface area contributed by atoms with E-state index in [-0.39, 0.29) is 18.3 Å². The second-order valence-corrected chi connectivity index (χ2v) is 7.71. The molecule has 0 atom stereocenters. The molecule has 1 saturated heterocycles. The maximum absolute atomic E-state index is 13.2. The zero-order valence-electron chi connectivity index (χ0n) is 16.3. The van der Waals surface area contributed by atoms with Crippen LogP contribution in [0.25, 0.3) is 0 Å². The Kier molecular flexibility index (Phi) is 4.87. The van der Waals surface area contributed by atoms with Crippen molar-refractivity contribution in [3.63, 3.8) is 0 Å². The summed E-state index contributed by atoms with van der Waals surface area (Å²) in [6.07, 6.45) is 3.80. The van der Waals surface area contributed by atoms with Gasteiger partial charge in [0.15, 0.2) is 5.82 Å². The van der Waals surface area contributed by atoms with Crippen LogP contribution >= 0.6 is 0 Å². The van der Waals surface area contributed by atoms with Gasteiger partial charge >= 0.3 is 0 Å². The van der Waals surface area contributed by atoms with Crippen molar-refractivity contribution in [2.24, 2.45) is 0 Å². The third-order valence-corrected chi connectivity index (χ3v) is 5.44. The monoisotopic (exact) mass is 384 g/mol. The molecule has 8 heteroatoms. The second-order valence-electron chi connectivity index (χ2n) is 7.71. The number of carbonyl (C=O) groups is 1. The zero-order chi connectivity index (χ0) is 19.7. The van der Waals surface area contributed by atoms with Gasteiger partial charge in [-0.2, -0.15) is 15.0 Å². The van der Waals surface area contributed by atoms with Crippen molar-refractivity contribution in [3.8, 4) is 0 Å². The Morgan fingerprint density at radius 3 is 2.43 bits per heavy atom. The number of aromatic nitrogens is 3. The van der Waals surface area contributed by atoms with Gasteiger partial charge in [0.05, 0.1) is 12.0 Å². The summed E-state index contributed by atoms with van der Waals surface area (Å²) in [5.41, 5.74) is 0.303. The molecule has 0 spiro atoms. The number of hydrogen-bond acceptors (Lipinski definition) is 6. The Morgan fingerprint density at radius 2 is 1.82 bits per heavy atom. The number of amides is 1. The minimum atomic E-state index is -0.553. The van der Waals surface area contributed by atoms with E-state index < -0.39 is 5.41 Å². The Balaban J connectivity index is 1.49. The highest BCUT2D eigenvalue weighted by Crippen LogP contribution is 2.48. The van der Waals surface area contributed by atoms with E-state index in [9.17, 15) is 9.18 Å². The Bertz CT molecular complexity index is 859. The van der Waals surface area contributed by atoms with E-state index in [4.69, 9.17) is 0 Å². The van der Waals surface area contributed by atoms with Crippen molar-refractivity contribution in [1.82, 2.24) is 20.3 Å². The molecule has 7 nitrogen and oxygen atoms in total. The lowest BCUT2D eigenvalue weighted by Gasteiger charge is -2.19. The average Bonchev–Trinajstić information content (AvgIpc) is 3.32. The van der Waals surface area contributed by atoms with Gasteiger partial charge in [0.2, 0.25) is 17.8 Å². The Labute approximate surface area is 164 Å². The third-order valence-electron chi connectivity index (χ3n) is 5.44. The molecule has 1 aromatic heterocycles. The van der Waals surface area contributed by atoms with Gasteiger partial charge in [-0.15, -0.1) is 0 Å². The molecule has 1 saturated carbocycles. The first kappa shape index (κ1) is 18.6. The fraction of sp³-hybridized carbons (Fsp3) is 0.500. The molecule has 2 aromatic rings. The minimum Gasteiger partial charge on any atom is -0.348 e. The molecule has 2 fully saturated rings. The maximum atomic E-state index is 13.2. The van der Waals surface area contributed by atoms with E-state index in [1.807, 2.05) is 19.0 Å². The van der Waals surface area contributed by atoms with Gasteiger partial charge in [0.25, 0.3) is 0 Å². The Hall–Kier alpha value is -2.77. The summed E-state index contributed by atoms with van der Waals surface area (Å²) < 4.78 is 13.2. The SMILES string of the molecule is CN(C)c1nc(CNC(=O)C2(c3ccc(F)cc3)CC2)nc(N2CCCC2)n1. The molecule has 2 aliphatic rings. The molecule has 148 valence electrons.